The Balaban J connectivity index is 1.47. The predicted octanol–water partition coefficient (Wildman–Crippen LogP) is 1.02. The Bertz CT molecular complexity index is 1130. The van der Waals surface area contributed by atoms with E-state index in [1.54, 1.807) is 17.0 Å². The molecule has 1 aromatic rings. The van der Waals surface area contributed by atoms with E-state index in [4.69, 9.17) is 10.8 Å². The number of nitrogens with one attached hydrogen (secondary N) is 1. The molecule has 2 aliphatic heterocycles. The summed E-state index contributed by atoms with van der Waals surface area (Å²) in [6, 6.07) is 5.32. The quantitative estimate of drug-likeness (QED) is 0.456. The van der Waals surface area contributed by atoms with Crippen molar-refractivity contribution in [1.29, 1.82) is 0 Å². The van der Waals surface area contributed by atoms with Crippen molar-refractivity contribution in [3.8, 4) is 0 Å². The zero-order chi connectivity index (χ0) is 27.6. The zero-order valence-corrected chi connectivity index (χ0v) is 22.9. The van der Waals surface area contributed by atoms with E-state index < -0.39 is 22.0 Å². The van der Waals surface area contributed by atoms with Crippen molar-refractivity contribution in [1.82, 2.24) is 14.1 Å². The summed E-state index contributed by atoms with van der Waals surface area (Å²) < 4.78 is 25.3. The highest BCUT2D eigenvalue weighted by Crippen LogP contribution is 2.34. The first kappa shape index (κ1) is 28.5. The average Bonchev–Trinajstić information content (AvgIpc) is 3.34. The van der Waals surface area contributed by atoms with Gasteiger partial charge in [-0.05, 0) is 69.2 Å². The van der Waals surface area contributed by atoms with Gasteiger partial charge in [0.25, 0.3) is 0 Å². The van der Waals surface area contributed by atoms with Crippen molar-refractivity contribution >= 4 is 33.5 Å². The van der Waals surface area contributed by atoms with Crippen LogP contribution in [-0.4, -0.2) is 103 Å². The molecule has 1 aromatic carbocycles. The van der Waals surface area contributed by atoms with Gasteiger partial charge in [-0.2, -0.15) is 4.31 Å². The van der Waals surface area contributed by atoms with Gasteiger partial charge in [-0.25, -0.2) is 13.2 Å². The van der Waals surface area contributed by atoms with Gasteiger partial charge in [0.05, 0.1) is 11.8 Å². The van der Waals surface area contributed by atoms with Gasteiger partial charge in [-0.15, -0.1) is 0 Å². The van der Waals surface area contributed by atoms with E-state index in [1.165, 1.54) is 22.7 Å². The molecule has 4 N–H and O–H groups in total. The minimum atomic E-state index is -3.26. The van der Waals surface area contributed by atoms with Crippen molar-refractivity contribution in [2.45, 2.75) is 57.2 Å². The van der Waals surface area contributed by atoms with Gasteiger partial charge >= 0.3 is 5.97 Å². The molecule has 4 rings (SSSR count). The van der Waals surface area contributed by atoms with Crippen molar-refractivity contribution in [3.05, 3.63) is 29.8 Å². The number of aromatic carboxylic acids is 1. The summed E-state index contributed by atoms with van der Waals surface area (Å²) in [6.07, 6.45) is 4.96. The Kier molecular flexibility index (Phi) is 8.75. The molecular weight excluding hydrogens is 510 g/mol. The number of likely N-dealkylation sites (tertiary alicyclic amines) is 1. The lowest BCUT2D eigenvalue weighted by Crippen LogP contribution is -2.52. The van der Waals surface area contributed by atoms with Gasteiger partial charge < -0.3 is 21.1 Å². The molecule has 0 bridgehead atoms. The van der Waals surface area contributed by atoms with Crippen LogP contribution in [-0.2, 0) is 19.6 Å². The van der Waals surface area contributed by atoms with Crippen LogP contribution in [0, 0.1) is 11.8 Å². The van der Waals surface area contributed by atoms with Gasteiger partial charge in [-0.3, -0.25) is 14.5 Å². The molecule has 210 valence electrons. The number of carbonyl (C=O) groups excluding carboxylic acids is 2. The second kappa shape index (κ2) is 11.7. The van der Waals surface area contributed by atoms with Crippen LogP contribution in [0.25, 0.3) is 0 Å². The van der Waals surface area contributed by atoms with Gasteiger partial charge in [-0.1, -0.05) is 0 Å². The number of anilines is 1. The van der Waals surface area contributed by atoms with Crippen LogP contribution in [0.5, 0.6) is 0 Å². The van der Waals surface area contributed by atoms with E-state index in [0.717, 1.165) is 25.7 Å². The number of carbonyl (C=O) groups is 3. The lowest BCUT2D eigenvalue weighted by atomic mass is 9.78. The van der Waals surface area contributed by atoms with Crippen LogP contribution in [0.1, 0.15) is 49.4 Å². The molecule has 12 heteroatoms. The SMILES string of the molecule is CC(N)C1CCC(C(=O)N2C[C@@H](N3CCN(S(C)(=O)=O)CC3)C[C@H]2C(=O)Nc2ccc(C(=O)O)cc2)CC1. The van der Waals surface area contributed by atoms with Crippen molar-refractivity contribution in [3.63, 3.8) is 0 Å². The Labute approximate surface area is 224 Å². The topological polar surface area (TPSA) is 153 Å². The number of sulfonamides is 1. The summed E-state index contributed by atoms with van der Waals surface area (Å²) in [5.41, 5.74) is 6.67. The zero-order valence-electron chi connectivity index (χ0n) is 22.1. The molecule has 38 heavy (non-hydrogen) atoms. The number of hydrogen-bond donors (Lipinski definition) is 3. The highest BCUT2D eigenvalue weighted by atomic mass is 32.2. The number of piperazine rings is 1. The largest absolute Gasteiger partial charge is 0.478 e. The second-order valence-corrected chi connectivity index (χ2v) is 12.9. The Hall–Kier alpha value is -2.54. The normalized spacial score (nSPS) is 28.1. The first-order valence-corrected chi connectivity index (χ1v) is 15.2. The summed E-state index contributed by atoms with van der Waals surface area (Å²) in [5.74, 6) is -1.09. The van der Waals surface area contributed by atoms with Gasteiger partial charge in [0.15, 0.2) is 0 Å². The molecule has 2 saturated heterocycles. The Morgan fingerprint density at radius 2 is 1.63 bits per heavy atom. The highest BCUT2D eigenvalue weighted by molar-refractivity contribution is 7.88. The molecule has 0 aromatic heterocycles. The van der Waals surface area contributed by atoms with Crippen LogP contribution in [0.15, 0.2) is 24.3 Å². The van der Waals surface area contributed by atoms with E-state index in [2.05, 4.69) is 10.2 Å². The third-order valence-electron chi connectivity index (χ3n) is 8.39. The van der Waals surface area contributed by atoms with Crippen molar-refractivity contribution in [2.24, 2.45) is 17.6 Å². The third kappa shape index (κ3) is 6.53. The lowest BCUT2D eigenvalue weighted by molar-refractivity contribution is -0.141. The first-order chi connectivity index (χ1) is 17.9. The predicted molar refractivity (Wildman–Crippen MR) is 143 cm³/mol. The number of nitrogens with two attached hydrogens (primary N) is 1. The first-order valence-electron chi connectivity index (χ1n) is 13.3. The molecular formula is C26H39N5O6S. The molecule has 2 amide bonds. The van der Waals surface area contributed by atoms with Gasteiger partial charge in [0, 0.05) is 56.4 Å². The molecule has 11 nitrogen and oxygen atoms in total. The number of carboxylic acid groups (broad SMARTS) is 1. The van der Waals surface area contributed by atoms with Crippen LogP contribution >= 0.6 is 0 Å². The summed E-state index contributed by atoms with van der Waals surface area (Å²) in [5, 5.41) is 12.0. The maximum Gasteiger partial charge on any atom is 0.335 e. The number of carboxylic acids is 1. The number of hydrogen-bond acceptors (Lipinski definition) is 7. The van der Waals surface area contributed by atoms with Gasteiger partial charge in [0.1, 0.15) is 6.04 Å². The fourth-order valence-corrected chi connectivity index (χ4v) is 6.85. The molecule has 3 aliphatic rings. The smallest absolute Gasteiger partial charge is 0.335 e. The van der Waals surface area contributed by atoms with Crippen LogP contribution < -0.4 is 11.1 Å². The standard InChI is InChI=1S/C26H39N5O6S/c1-17(27)18-3-5-19(6-4-18)25(33)31-16-22(29-11-13-30(14-12-29)38(2,36)37)15-23(31)24(32)28-21-9-7-20(8-10-21)26(34)35/h7-10,17-19,22-23H,3-6,11-16,27H2,1-2H3,(H,28,32)(H,34,35)/t17?,18?,19?,22-,23-/m0/s1. The summed E-state index contributed by atoms with van der Waals surface area (Å²) in [6.45, 7) is 4.29. The summed E-state index contributed by atoms with van der Waals surface area (Å²) in [4.78, 5) is 42.2. The minimum Gasteiger partial charge on any atom is -0.478 e. The van der Waals surface area contributed by atoms with E-state index in [9.17, 15) is 22.8 Å². The molecule has 1 saturated carbocycles. The molecule has 1 unspecified atom stereocenters. The molecule has 0 radical (unpaired) electrons. The van der Waals surface area contributed by atoms with Crippen molar-refractivity contribution in [2.75, 3.05) is 44.3 Å². The lowest BCUT2D eigenvalue weighted by Gasteiger charge is -2.37. The number of amides is 2. The summed E-state index contributed by atoms with van der Waals surface area (Å²) in [7, 11) is -3.26. The number of nitrogens with zero attached hydrogens (tertiary/aromatic N) is 3. The number of rotatable bonds is 7. The second-order valence-electron chi connectivity index (χ2n) is 10.9. The Morgan fingerprint density at radius 1 is 1.03 bits per heavy atom. The molecule has 1 aliphatic carbocycles. The van der Waals surface area contributed by atoms with E-state index in [1.807, 2.05) is 6.92 Å². The van der Waals surface area contributed by atoms with E-state index >= 15 is 0 Å². The Morgan fingerprint density at radius 3 is 2.16 bits per heavy atom. The van der Waals surface area contributed by atoms with Crippen LogP contribution in [0.4, 0.5) is 5.69 Å². The molecule has 3 fully saturated rings. The average molecular weight is 550 g/mol. The van der Waals surface area contributed by atoms with Crippen LogP contribution in [0.3, 0.4) is 0 Å². The molecule has 2 heterocycles. The highest BCUT2D eigenvalue weighted by Gasteiger charge is 2.44. The number of benzene rings is 1. The summed E-state index contributed by atoms with van der Waals surface area (Å²) >= 11 is 0. The molecule has 3 atom stereocenters. The third-order valence-corrected chi connectivity index (χ3v) is 9.69. The van der Waals surface area contributed by atoms with E-state index in [0.29, 0.717) is 50.7 Å². The van der Waals surface area contributed by atoms with Crippen molar-refractivity contribution < 1.29 is 27.9 Å². The van der Waals surface area contributed by atoms with Gasteiger partial charge in [0.2, 0.25) is 21.8 Å². The molecule has 0 spiro atoms. The minimum absolute atomic E-state index is 0.00762. The maximum absolute atomic E-state index is 13.7. The maximum atomic E-state index is 13.7. The van der Waals surface area contributed by atoms with Crippen LogP contribution in [0.2, 0.25) is 0 Å². The fourth-order valence-electron chi connectivity index (χ4n) is 6.02. The fraction of sp³-hybridized carbons (Fsp3) is 0.654. The monoisotopic (exact) mass is 549 g/mol. The van der Waals surface area contributed by atoms with E-state index in [-0.39, 0.29) is 35.4 Å².